The number of carbonyl (C=O) groups excluding carboxylic acids is 1. The predicted octanol–water partition coefficient (Wildman–Crippen LogP) is -2.57. The van der Waals surface area contributed by atoms with Crippen LogP contribution < -0.4 is 5.73 Å². The van der Waals surface area contributed by atoms with E-state index in [2.05, 4.69) is 9.26 Å². The summed E-state index contributed by atoms with van der Waals surface area (Å²) in [5.74, 6) is -0.723. The van der Waals surface area contributed by atoms with Crippen LogP contribution in [-0.4, -0.2) is 63.2 Å². The Morgan fingerprint density at radius 2 is 2.05 bits per heavy atom. The zero-order chi connectivity index (χ0) is 14.8. The third kappa shape index (κ3) is 4.48. The molecule has 1 aliphatic heterocycles. The van der Waals surface area contributed by atoms with E-state index in [0.717, 1.165) is 6.92 Å². The minimum atomic E-state index is -4.91. The van der Waals surface area contributed by atoms with E-state index in [1.165, 1.54) is 0 Å². The lowest BCUT2D eigenvalue weighted by Gasteiger charge is -2.41. The molecule has 10 nitrogen and oxygen atoms in total. The summed E-state index contributed by atoms with van der Waals surface area (Å²) >= 11 is 0. The molecule has 0 saturated carbocycles. The van der Waals surface area contributed by atoms with Gasteiger partial charge < -0.3 is 35.2 Å². The number of phosphoric acid groups is 1. The molecule has 0 aromatic heterocycles. The summed E-state index contributed by atoms with van der Waals surface area (Å²) in [5, 5.41) is 18.9. The number of aliphatic hydroxyl groups is 2. The van der Waals surface area contributed by atoms with Crippen molar-refractivity contribution in [1.82, 2.24) is 0 Å². The highest BCUT2D eigenvalue weighted by Crippen LogP contribution is 2.41. The summed E-state index contributed by atoms with van der Waals surface area (Å²) < 4.78 is 24.8. The summed E-state index contributed by atoms with van der Waals surface area (Å²) in [6.07, 6.45) is -5.79. The number of ether oxygens (including phenoxy) is 2. The highest BCUT2D eigenvalue weighted by molar-refractivity contribution is 7.46. The summed E-state index contributed by atoms with van der Waals surface area (Å²) in [6.45, 7) is 0.376. The number of carbonyl (C=O) groups is 1. The summed E-state index contributed by atoms with van der Waals surface area (Å²) in [6, 6.07) is -1.27. The topological polar surface area (TPSA) is 169 Å². The van der Waals surface area contributed by atoms with E-state index in [-0.39, 0.29) is 0 Å². The Labute approximate surface area is 108 Å². The van der Waals surface area contributed by atoms with Crippen LogP contribution in [0.1, 0.15) is 6.92 Å². The van der Waals surface area contributed by atoms with Crippen LogP contribution in [0, 0.1) is 0 Å². The van der Waals surface area contributed by atoms with Crippen molar-refractivity contribution in [1.29, 1.82) is 0 Å². The first-order chi connectivity index (χ1) is 8.65. The molecule has 6 N–H and O–H groups in total. The second-order valence-corrected chi connectivity index (χ2v) is 5.16. The lowest BCUT2D eigenvalue weighted by atomic mass is 9.98. The molecule has 1 fully saturated rings. The van der Waals surface area contributed by atoms with Gasteiger partial charge in [0.25, 0.3) is 0 Å². The smallest absolute Gasteiger partial charge is 0.434 e. The average Bonchev–Trinajstić information content (AvgIpc) is 2.26. The van der Waals surface area contributed by atoms with Gasteiger partial charge in [0.15, 0.2) is 0 Å². The molecule has 112 valence electrons. The van der Waals surface area contributed by atoms with E-state index in [4.69, 9.17) is 25.4 Å². The highest BCUT2D eigenvalue weighted by Gasteiger charge is 2.47. The molecule has 1 aliphatic rings. The van der Waals surface area contributed by atoms with Gasteiger partial charge in [0, 0.05) is 6.92 Å². The molecule has 1 saturated heterocycles. The Bertz CT molecular complexity index is 369. The number of hydrogen-bond donors (Lipinski definition) is 5. The summed E-state index contributed by atoms with van der Waals surface area (Å²) in [7, 11) is -4.91. The molecule has 1 rings (SSSR count). The predicted molar refractivity (Wildman–Crippen MR) is 58.4 cm³/mol. The molecule has 11 heteroatoms. The van der Waals surface area contributed by atoms with Gasteiger partial charge in [-0.1, -0.05) is 0 Å². The fraction of sp³-hybridized carbons (Fsp3) is 0.875. The first kappa shape index (κ1) is 16.5. The van der Waals surface area contributed by atoms with Crippen LogP contribution in [0.5, 0.6) is 0 Å². The molecular weight excluding hydrogens is 285 g/mol. The maximum Gasteiger partial charge on any atom is 0.470 e. The van der Waals surface area contributed by atoms with Crippen LogP contribution in [0.15, 0.2) is 0 Å². The van der Waals surface area contributed by atoms with Crippen LogP contribution in [0.25, 0.3) is 0 Å². The molecule has 0 aromatic carbocycles. The fourth-order valence-corrected chi connectivity index (χ4v) is 2.22. The number of hydrogen-bond acceptors (Lipinski definition) is 8. The zero-order valence-corrected chi connectivity index (χ0v) is 10.8. The number of nitrogens with two attached hydrogens (primary N) is 1. The first-order valence-electron chi connectivity index (χ1n) is 5.27. The van der Waals surface area contributed by atoms with Crippen molar-refractivity contribution in [3.63, 3.8) is 0 Å². The van der Waals surface area contributed by atoms with Crippen molar-refractivity contribution < 1.29 is 43.4 Å². The third-order valence-corrected chi connectivity index (χ3v) is 2.96. The first-order valence-corrected chi connectivity index (χ1v) is 6.80. The Kier molecular flexibility index (Phi) is 5.42. The maximum atomic E-state index is 10.8. The summed E-state index contributed by atoms with van der Waals surface area (Å²) in [5.41, 5.74) is 5.53. The van der Waals surface area contributed by atoms with Crippen molar-refractivity contribution in [2.45, 2.75) is 37.6 Å². The minimum Gasteiger partial charge on any atom is -0.434 e. The molecule has 0 aromatic rings. The van der Waals surface area contributed by atoms with E-state index in [1.807, 2.05) is 0 Å². The Morgan fingerprint density at radius 1 is 1.47 bits per heavy atom. The van der Waals surface area contributed by atoms with Crippen molar-refractivity contribution in [2.75, 3.05) is 6.61 Å². The molecule has 5 atom stereocenters. The molecule has 1 heterocycles. The van der Waals surface area contributed by atoms with Gasteiger partial charge in [0.2, 0.25) is 6.29 Å². The van der Waals surface area contributed by atoms with Crippen molar-refractivity contribution >= 4 is 13.8 Å². The Hall–Kier alpha value is -0.580. The largest absolute Gasteiger partial charge is 0.470 e. The molecule has 0 spiro atoms. The minimum absolute atomic E-state index is 0.716. The van der Waals surface area contributed by atoms with Gasteiger partial charge in [-0.15, -0.1) is 0 Å². The van der Waals surface area contributed by atoms with Gasteiger partial charge in [-0.25, -0.2) is 4.57 Å². The number of phosphoric ester groups is 1. The maximum absolute atomic E-state index is 10.8. The van der Waals surface area contributed by atoms with Gasteiger partial charge in [0.05, 0.1) is 12.6 Å². The van der Waals surface area contributed by atoms with E-state index < -0.39 is 51.0 Å². The quantitative estimate of drug-likeness (QED) is 0.275. The second-order valence-electron chi connectivity index (χ2n) is 3.96. The molecular formula is C8H16NO9P. The van der Waals surface area contributed by atoms with Gasteiger partial charge in [-0.05, 0) is 0 Å². The molecule has 0 amide bonds. The highest BCUT2D eigenvalue weighted by atomic mass is 31.2. The van der Waals surface area contributed by atoms with Gasteiger partial charge in [0.1, 0.15) is 18.3 Å². The zero-order valence-electron chi connectivity index (χ0n) is 9.95. The number of aliphatic hydroxyl groups excluding tert-OH is 2. The normalized spacial score (nSPS) is 36.0. The van der Waals surface area contributed by atoms with Crippen LogP contribution in [0.4, 0.5) is 0 Å². The second kappa shape index (κ2) is 6.25. The van der Waals surface area contributed by atoms with E-state index in [9.17, 15) is 14.5 Å². The average molecular weight is 301 g/mol. The Balaban J connectivity index is 2.85. The SMILES string of the molecule is CC(=O)OC1O[C@H](CO)[C@@H](OP(=O)(O)O)[C@H](O)[C@H]1N. The lowest BCUT2D eigenvalue weighted by Crippen LogP contribution is -2.63. The fourth-order valence-electron chi connectivity index (χ4n) is 1.65. The van der Waals surface area contributed by atoms with Gasteiger partial charge in [-0.3, -0.25) is 9.32 Å². The van der Waals surface area contributed by atoms with Crippen LogP contribution in [-0.2, 0) is 23.4 Å². The van der Waals surface area contributed by atoms with E-state index in [1.54, 1.807) is 0 Å². The summed E-state index contributed by atoms with van der Waals surface area (Å²) in [4.78, 5) is 28.2. The van der Waals surface area contributed by atoms with Crippen molar-refractivity contribution in [3.05, 3.63) is 0 Å². The molecule has 0 bridgehead atoms. The molecule has 0 radical (unpaired) electrons. The Morgan fingerprint density at radius 3 is 2.47 bits per heavy atom. The monoisotopic (exact) mass is 301 g/mol. The van der Waals surface area contributed by atoms with E-state index >= 15 is 0 Å². The number of esters is 1. The molecule has 1 unspecified atom stereocenters. The third-order valence-electron chi connectivity index (χ3n) is 2.44. The molecule has 0 aliphatic carbocycles. The van der Waals surface area contributed by atoms with Gasteiger partial charge in [-0.2, -0.15) is 0 Å². The number of rotatable bonds is 4. The van der Waals surface area contributed by atoms with Crippen LogP contribution in [0.3, 0.4) is 0 Å². The molecule has 19 heavy (non-hydrogen) atoms. The van der Waals surface area contributed by atoms with Crippen molar-refractivity contribution in [2.24, 2.45) is 5.73 Å². The van der Waals surface area contributed by atoms with Gasteiger partial charge >= 0.3 is 13.8 Å². The van der Waals surface area contributed by atoms with Crippen LogP contribution in [0.2, 0.25) is 0 Å². The standard InChI is InChI=1S/C8H16NO9P/c1-3(11)16-8-5(9)6(12)7(4(2-10)17-8)18-19(13,14)15/h4-8,10,12H,2,9H2,1H3,(H2,13,14,15)/t4-,5-,6-,7-,8?/m1/s1. The van der Waals surface area contributed by atoms with Crippen LogP contribution >= 0.6 is 7.82 Å². The lowest BCUT2D eigenvalue weighted by molar-refractivity contribution is -0.255. The van der Waals surface area contributed by atoms with Crippen molar-refractivity contribution in [3.8, 4) is 0 Å². The van der Waals surface area contributed by atoms with E-state index in [0.29, 0.717) is 0 Å².